The molecule has 0 saturated heterocycles. The molecular formula is C19H21ClFNO2S. The number of benzene rings is 2. The summed E-state index contributed by atoms with van der Waals surface area (Å²) in [7, 11) is 0. The molecule has 0 aliphatic carbocycles. The number of hydrogen-bond donors (Lipinski definition) is 1. The van der Waals surface area contributed by atoms with Gasteiger partial charge in [0.25, 0.3) is 5.91 Å². The van der Waals surface area contributed by atoms with E-state index in [1.165, 1.54) is 6.07 Å². The zero-order chi connectivity index (χ0) is 18.1. The fraction of sp³-hybridized carbons (Fsp3) is 0.316. The lowest BCUT2D eigenvalue weighted by atomic mass is 10.2. The summed E-state index contributed by atoms with van der Waals surface area (Å²) in [5, 5.41) is 3.42. The number of halogens is 2. The van der Waals surface area contributed by atoms with Crippen LogP contribution in [0.3, 0.4) is 0 Å². The first-order valence-electron chi connectivity index (χ1n) is 8.11. The maximum atomic E-state index is 13.5. The molecular weight excluding hydrogens is 361 g/mol. The van der Waals surface area contributed by atoms with E-state index in [0.29, 0.717) is 40.8 Å². The average Bonchev–Trinajstić information content (AvgIpc) is 2.60. The fourth-order valence-corrected chi connectivity index (χ4v) is 3.21. The monoisotopic (exact) mass is 381 g/mol. The number of hydrogen-bond acceptors (Lipinski definition) is 3. The van der Waals surface area contributed by atoms with Crippen molar-refractivity contribution in [3.63, 3.8) is 0 Å². The van der Waals surface area contributed by atoms with Crippen LogP contribution in [0, 0.1) is 5.82 Å². The molecule has 0 unspecified atom stereocenters. The molecule has 25 heavy (non-hydrogen) atoms. The van der Waals surface area contributed by atoms with Crippen LogP contribution < -0.4 is 10.1 Å². The Labute approximate surface area is 156 Å². The van der Waals surface area contributed by atoms with Crippen LogP contribution in [0.4, 0.5) is 4.39 Å². The summed E-state index contributed by atoms with van der Waals surface area (Å²) in [6, 6.07) is 13.7. The largest absolute Gasteiger partial charge is 0.481 e. The van der Waals surface area contributed by atoms with Crippen LogP contribution >= 0.6 is 23.4 Å². The highest BCUT2D eigenvalue weighted by Gasteiger charge is 2.17. The molecule has 2 rings (SSSR count). The maximum Gasteiger partial charge on any atom is 0.261 e. The number of thioether (sulfide) groups is 1. The minimum Gasteiger partial charge on any atom is -0.481 e. The Morgan fingerprint density at radius 2 is 2.08 bits per heavy atom. The van der Waals surface area contributed by atoms with E-state index in [1.54, 1.807) is 48.2 Å². The second-order valence-electron chi connectivity index (χ2n) is 5.41. The second kappa shape index (κ2) is 10.3. The third-order valence-electron chi connectivity index (χ3n) is 3.50. The molecule has 0 bridgehead atoms. The van der Waals surface area contributed by atoms with Crippen molar-refractivity contribution < 1.29 is 13.9 Å². The number of ether oxygens (including phenoxy) is 1. The summed E-state index contributed by atoms with van der Waals surface area (Å²) in [5.74, 6) is 1.50. The molecule has 1 N–H and O–H groups in total. The lowest BCUT2D eigenvalue weighted by molar-refractivity contribution is -0.127. The van der Waals surface area contributed by atoms with E-state index in [9.17, 15) is 9.18 Å². The molecule has 0 spiro atoms. The van der Waals surface area contributed by atoms with Gasteiger partial charge in [-0.2, -0.15) is 11.8 Å². The molecule has 1 amide bonds. The van der Waals surface area contributed by atoms with E-state index >= 15 is 0 Å². The molecule has 1 atom stereocenters. The van der Waals surface area contributed by atoms with E-state index in [-0.39, 0.29) is 11.7 Å². The van der Waals surface area contributed by atoms with Gasteiger partial charge in [-0.05, 0) is 36.2 Å². The molecule has 0 saturated carbocycles. The number of rotatable bonds is 9. The molecule has 0 fully saturated rings. The minimum atomic E-state index is -0.560. The number of carbonyl (C=O) groups is 1. The Balaban J connectivity index is 1.72. The molecule has 2 aromatic rings. The first kappa shape index (κ1) is 19.6. The topological polar surface area (TPSA) is 38.3 Å². The van der Waals surface area contributed by atoms with Crippen LogP contribution in [0.25, 0.3) is 0 Å². The molecule has 0 aliphatic rings. The van der Waals surface area contributed by atoms with Crippen molar-refractivity contribution in [3.05, 3.63) is 64.9 Å². The third kappa shape index (κ3) is 6.59. The standard InChI is InChI=1S/C19H21ClFNO2S/c1-2-18(24-16-8-5-7-15(20)12-16)19(23)22-10-11-25-13-14-6-3-4-9-17(14)21/h3-9,12,18H,2,10-11,13H2,1H3,(H,22,23)/t18-/m1/s1. The van der Waals surface area contributed by atoms with Gasteiger partial charge in [0.1, 0.15) is 11.6 Å². The second-order valence-corrected chi connectivity index (χ2v) is 6.95. The SMILES string of the molecule is CC[C@@H](Oc1cccc(Cl)c1)C(=O)NCCSCc1ccccc1F. The van der Waals surface area contributed by atoms with Crippen molar-refractivity contribution in [1.82, 2.24) is 5.32 Å². The Hall–Kier alpha value is -1.72. The zero-order valence-electron chi connectivity index (χ0n) is 14.0. The molecule has 0 radical (unpaired) electrons. The number of carbonyl (C=O) groups excluding carboxylic acids is 1. The van der Waals surface area contributed by atoms with Crippen molar-refractivity contribution in [2.45, 2.75) is 25.2 Å². The molecule has 3 nitrogen and oxygen atoms in total. The van der Waals surface area contributed by atoms with E-state index in [0.717, 1.165) is 0 Å². The summed E-state index contributed by atoms with van der Waals surface area (Å²) in [6.07, 6.45) is -0.00389. The molecule has 6 heteroatoms. The molecule has 0 aromatic heterocycles. The summed E-state index contributed by atoms with van der Waals surface area (Å²) in [5.41, 5.74) is 0.676. The van der Waals surface area contributed by atoms with Gasteiger partial charge in [-0.15, -0.1) is 0 Å². The first-order valence-corrected chi connectivity index (χ1v) is 9.64. The van der Waals surface area contributed by atoms with E-state index in [2.05, 4.69) is 5.32 Å². The molecule has 0 aliphatic heterocycles. The summed E-state index contributed by atoms with van der Waals surface area (Å²) in [6.45, 7) is 2.40. The Morgan fingerprint density at radius 1 is 1.28 bits per heavy atom. The van der Waals surface area contributed by atoms with Gasteiger partial charge in [0.2, 0.25) is 0 Å². The number of amides is 1. The van der Waals surface area contributed by atoms with Gasteiger partial charge in [-0.1, -0.05) is 42.8 Å². The van der Waals surface area contributed by atoms with Crippen LogP contribution in [-0.2, 0) is 10.5 Å². The van der Waals surface area contributed by atoms with Crippen LogP contribution in [0.5, 0.6) is 5.75 Å². The molecule has 2 aromatic carbocycles. The highest BCUT2D eigenvalue weighted by atomic mass is 35.5. The highest BCUT2D eigenvalue weighted by molar-refractivity contribution is 7.98. The van der Waals surface area contributed by atoms with Crippen molar-refractivity contribution in [2.75, 3.05) is 12.3 Å². The first-order chi connectivity index (χ1) is 12.1. The zero-order valence-corrected chi connectivity index (χ0v) is 15.6. The van der Waals surface area contributed by atoms with Crippen molar-refractivity contribution in [2.24, 2.45) is 0 Å². The van der Waals surface area contributed by atoms with Crippen LogP contribution in [0.15, 0.2) is 48.5 Å². The lowest BCUT2D eigenvalue weighted by Crippen LogP contribution is -2.39. The number of nitrogens with one attached hydrogen (secondary N) is 1. The van der Waals surface area contributed by atoms with Crippen LogP contribution in [0.1, 0.15) is 18.9 Å². The normalized spacial score (nSPS) is 11.8. The van der Waals surface area contributed by atoms with Crippen LogP contribution in [-0.4, -0.2) is 24.3 Å². The van der Waals surface area contributed by atoms with Gasteiger partial charge >= 0.3 is 0 Å². The summed E-state index contributed by atoms with van der Waals surface area (Å²) in [4.78, 5) is 12.2. The lowest BCUT2D eigenvalue weighted by Gasteiger charge is -2.17. The summed E-state index contributed by atoms with van der Waals surface area (Å²) < 4.78 is 19.2. The van der Waals surface area contributed by atoms with Gasteiger partial charge in [0, 0.05) is 23.1 Å². The van der Waals surface area contributed by atoms with Gasteiger partial charge in [0.15, 0.2) is 6.10 Å². The minimum absolute atomic E-state index is 0.158. The van der Waals surface area contributed by atoms with Gasteiger partial charge in [0.05, 0.1) is 0 Å². The van der Waals surface area contributed by atoms with Crippen LogP contribution in [0.2, 0.25) is 5.02 Å². The molecule has 0 heterocycles. The molecule has 134 valence electrons. The smallest absolute Gasteiger partial charge is 0.261 e. The maximum absolute atomic E-state index is 13.5. The Bertz CT molecular complexity index is 699. The summed E-state index contributed by atoms with van der Waals surface area (Å²) >= 11 is 7.50. The van der Waals surface area contributed by atoms with Gasteiger partial charge in [-0.25, -0.2) is 4.39 Å². The van der Waals surface area contributed by atoms with Crippen molar-refractivity contribution >= 4 is 29.3 Å². The highest BCUT2D eigenvalue weighted by Crippen LogP contribution is 2.19. The van der Waals surface area contributed by atoms with Crippen molar-refractivity contribution in [1.29, 1.82) is 0 Å². The Morgan fingerprint density at radius 3 is 2.80 bits per heavy atom. The van der Waals surface area contributed by atoms with Gasteiger partial charge in [-0.3, -0.25) is 4.79 Å². The Kier molecular flexibility index (Phi) is 8.09. The van der Waals surface area contributed by atoms with E-state index < -0.39 is 6.10 Å². The quantitative estimate of drug-likeness (QED) is 0.640. The predicted molar refractivity (Wildman–Crippen MR) is 102 cm³/mol. The van der Waals surface area contributed by atoms with Gasteiger partial charge < -0.3 is 10.1 Å². The fourth-order valence-electron chi connectivity index (χ4n) is 2.18. The van der Waals surface area contributed by atoms with E-state index in [4.69, 9.17) is 16.3 Å². The van der Waals surface area contributed by atoms with Crippen molar-refractivity contribution in [3.8, 4) is 5.75 Å². The predicted octanol–water partition coefficient (Wildman–Crippen LogP) is 4.69. The van der Waals surface area contributed by atoms with E-state index in [1.807, 2.05) is 13.0 Å². The average molecular weight is 382 g/mol. The third-order valence-corrected chi connectivity index (χ3v) is 4.74.